The number of hydrogen-bond acceptors (Lipinski definition) is 5. The van der Waals surface area contributed by atoms with Gasteiger partial charge in [0.1, 0.15) is 5.69 Å². The Morgan fingerprint density at radius 2 is 2.14 bits per heavy atom. The number of hydrogen-bond donors (Lipinski definition) is 3. The van der Waals surface area contributed by atoms with Crippen LogP contribution < -0.4 is 16.0 Å². The minimum absolute atomic E-state index is 0. The van der Waals surface area contributed by atoms with Crippen LogP contribution in [0.5, 0.6) is 0 Å². The van der Waals surface area contributed by atoms with Gasteiger partial charge in [-0.3, -0.25) is 14.9 Å². The molecule has 0 spiro atoms. The Balaban J connectivity index is 0.00000242. The van der Waals surface area contributed by atoms with Crippen LogP contribution in [0.2, 0.25) is 0 Å². The van der Waals surface area contributed by atoms with E-state index in [2.05, 4.69) is 16.0 Å². The van der Waals surface area contributed by atoms with E-state index in [4.69, 9.17) is 0 Å². The van der Waals surface area contributed by atoms with Crippen molar-refractivity contribution in [3.05, 3.63) is 34.4 Å². The summed E-state index contributed by atoms with van der Waals surface area (Å²) in [6.45, 7) is 1.88. The Kier molecular flexibility index (Phi) is 7.62. The molecule has 3 N–H and O–H groups in total. The molecule has 22 heavy (non-hydrogen) atoms. The molecule has 0 aromatic heterocycles. The van der Waals surface area contributed by atoms with Crippen LogP contribution in [0, 0.1) is 10.1 Å². The van der Waals surface area contributed by atoms with Gasteiger partial charge >= 0.3 is 0 Å². The second-order valence-corrected chi connectivity index (χ2v) is 5.05. The van der Waals surface area contributed by atoms with E-state index < -0.39 is 4.92 Å². The van der Waals surface area contributed by atoms with Gasteiger partial charge in [-0.1, -0.05) is 12.1 Å². The molecule has 0 saturated carbocycles. The zero-order chi connectivity index (χ0) is 15.1. The topological polar surface area (TPSA) is 96.3 Å². The second-order valence-electron chi connectivity index (χ2n) is 5.05. The number of benzene rings is 1. The number of nitrogens with zero attached hydrogens (tertiary/aromatic N) is 1. The summed E-state index contributed by atoms with van der Waals surface area (Å²) in [7, 11) is 0. The standard InChI is InChI=1S/C14H20N4O3.ClH/c19-14(10-11-4-3-7-15-11)17-9-8-16-12-5-1-2-6-13(12)18(20)21;/h1-2,5-6,11,15-16H,3-4,7-10H2,(H,17,19);1H. The number of amides is 1. The molecule has 2 rings (SSSR count). The lowest BCUT2D eigenvalue weighted by Gasteiger charge is -2.11. The molecule has 1 aromatic rings. The molecule has 0 bridgehead atoms. The van der Waals surface area contributed by atoms with Crippen molar-refractivity contribution in [2.24, 2.45) is 0 Å². The van der Waals surface area contributed by atoms with E-state index in [-0.39, 0.29) is 30.0 Å². The Morgan fingerprint density at radius 1 is 1.36 bits per heavy atom. The van der Waals surface area contributed by atoms with Crippen molar-refractivity contribution in [3.8, 4) is 0 Å². The summed E-state index contributed by atoms with van der Waals surface area (Å²) in [6.07, 6.45) is 2.66. The zero-order valence-electron chi connectivity index (χ0n) is 12.2. The summed E-state index contributed by atoms with van der Waals surface area (Å²) in [5.74, 6) is 0.0127. The number of carbonyl (C=O) groups is 1. The molecule has 0 aliphatic carbocycles. The number of nitro benzene ring substituents is 1. The highest BCUT2D eigenvalue weighted by molar-refractivity contribution is 5.85. The first-order chi connectivity index (χ1) is 10.2. The summed E-state index contributed by atoms with van der Waals surface area (Å²) < 4.78 is 0. The molecule has 122 valence electrons. The fourth-order valence-electron chi connectivity index (χ4n) is 2.41. The lowest BCUT2D eigenvalue weighted by molar-refractivity contribution is -0.384. The van der Waals surface area contributed by atoms with E-state index in [0.29, 0.717) is 25.2 Å². The van der Waals surface area contributed by atoms with Crippen molar-refractivity contribution in [1.82, 2.24) is 10.6 Å². The first-order valence-corrected chi connectivity index (χ1v) is 7.14. The summed E-state index contributed by atoms with van der Waals surface area (Å²) in [4.78, 5) is 22.1. The third-order valence-electron chi connectivity index (χ3n) is 3.46. The van der Waals surface area contributed by atoms with E-state index >= 15 is 0 Å². The number of halogens is 1. The van der Waals surface area contributed by atoms with Crippen LogP contribution in [0.4, 0.5) is 11.4 Å². The number of rotatable bonds is 7. The molecular formula is C14H21ClN4O3. The third kappa shape index (κ3) is 5.50. The van der Waals surface area contributed by atoms with Gasteiger partial charge in [-0.2, -0.15) is 0 Å². The minimum atomic E-state index is -0.424. The van der Waals surface area contributed by atoms with Gasteiger partial charge in [0.05, 0.1) is 4.92 Å². The maximum absolute atomic E-state index is 11.7. The fraction of sp³-hybridized carbons (Fsp3) is 0.500. The highest BCUT2D eigenvalue weighted by atomic mass is 35.5. The highest BCUT2D eigenvalue weighted by Crippen LogP contribution is 2.22. The Morgan fingerprint density at radius 3 is 2.82 bits per heavy atom. The Hall–Kier alpha value is -1.86. The molecule has 1 aromatic carbocycles. The molecule has 8 heteroatoms. The molecule has 1 saturated heterocycles. The molecule has 1 heterocycles. The van der Waals surface area contributed by atoms with Gasteiger partial charge in [0.25, 0.3) is 5.69 Å². The van der Waals surface area contributed by atoms with Crippen LogP contribution in [0.25, 0.3) is 0 Å². The number of anilines is 1. The maximum Gasteiger partial charge on any atom is 0.292 e. The van der Waals surface area contributed by atoms with Crippen molar-refractivity contribution < 1.29 is 9.72 Å². The predicted octanol–water partition coefficient (Wildman–Crippen LogP) is 1.69. The molecule has 1 unspecified atom stereocenters. The summed E-state index contributed by atoms with van der Waals surface area (Å²) in [5, 5.41) is 19.9. The molecule has 7 nitrogen and oxygen atoms in total. The predicted molar refractivity (Wildman–Crippen MR) is 87.5 cm³/mol. The number of para-hydroxylation sites is 2. The third-order valence-corrected chi connectivity index (χ3v) is 3.46. The lowest BCUT2D eigenvalue weighted by Crippen LogP contribution is -2.34. The van der Waals surface area contributed by atoms with Crippen LogP contribution in [-0.2, 0) is 4.79 Å². The van der Waals surface area contributed by atoms with E-state index in [1.54, 1.807) is 18.2 Å². The van der Waals surface area contributed by atoms with Gasteiger partial charge < -0.3 is 16.0 Å². The Labute approximate surface area is 135 Å². The van der Waals surface area contributed by atoms with Crippen LogP contribution in [0.3, 0.4) is 0 Å². The van der Waals surface area contributed by atoms with Gasteiger partial charge in [0.15, 0.2) is 0 Å². The lowest BCUT2D eigenvalue weighted by atomic mass is 10.1. The molecule has 1 atom stereocenters. The molecule has 1 aliphatic rings. The summed E-state index contributed by atoms with van der Waals surface area (Å²) in [6, 6.07) is 6.75. The first kappa shape index (κ1) is 18.2. The van der Waals surface area contributed by atoms with Crippen LogP contribution in [0.15, 0.2) is 24.3 Å². The van der Waals surface area contributed by atoms with Crippen molar-refractivity contribution >= 4 is 29.7 Å². The molecule has 1 aliphatic heterocycles. The monoisotopic (exact) mass is 328 g/mol. The largest absolute Gasteiger partial charge is 0.378 e. The quantitative estimate of drug-likeness (QED) is 0.402. The molecule has 0 radical (unpaired) electrons. The van der Waals surface area contributed by atoms with Gasteiger partial charge in [-0.15, -0.1) is 12.4 Å². The van der Waals surface area contributed by atoms with E-state index in [0.717, 1.165) is 19.4 Å². The average molecular weight is 329 g/mol. The van der Waals surface area contributed by atoms with Gasteiger partial charge in [-0.25, -0.2) is 0 Å². The van der Waals surface area contributed by atoms with Crippen LogP contribution >= 0.6 is 12.4 Å². The van der Waals surface area contributed by atoms with Gasteiger partial charge in [-0.05, 0) is 25.5 Å². The summed E-state index contributed by atoms with van der Waals surface area (Å²) >= 11 is 0. The minimum Gasteiger partial charge on any atom is -0.378 e. The molecule has 1 fully saturated rings. The fourth-order valence-corrected chi connectivity index (χ4v) is 2.41. The molecule has 1 amide bonds. The number of carbonyl (C=O) groups excluding carboxylic acids is 1. The van der Waals surface area contributed by atoms with Gasteiger partial charge in [0.2, 0.25) is 5.91 Å². The summed E-state index contributed by atoms with van der Waals surface area (Å²) in [5.41, 5.74) is 0.508. The normalized spacial score (nSPS) is 16.6. The number of nitrogens with one attached hydrogen (secondary N) is 3. The van der Waals surface area contributed by atoms with Gasteiger partial charge in [0, 0.05) is 31.6 Å². The maximum atomic E-state index is 11.7. The van der Waals surface area contributed by atoms with E-state index in [1.807, 2.05) is 0 Å². The van der Waals surface area contributed by atoms with Crippen molar-refractivity contribution in [1.29, 1.82) is 0 Å². The van der Waals surface area contributed by atoms with Crippen molar-refractivity contribution in [2.45, 2.75) is 25.3 Å². The number of nitro groups is 1. The highest BCUT2D eigenvalue weighted by Gasteiger charge is 2.17. The van der Waals surface area contributed by atoms with E-state index in [1.165, 1.54) is 6.07 Å². The SMILES string of the molecule is Cl.O=C(CC1CCCN1)NCCNc1ccccc1[N+](=O)[O-]. The average Bonchev–Trinajstić information content (AvgIpc) is 2.96. The molecular weight excluding hydrogens is 308 g/mol. The van der Waals surface area contributed by atoms with Crippen LogP contribution in [0.1, 0.15) is 19.3 Å². The van der Waals surface area contributed by atoms with Crippen molar-refractivity contribution in [2.75, 3.05) is 25.0 Å². The Bertz CT molecular complexity index is 507. The zero-order valence-corrected chi connectivity index (χ0v) is 13.0. The van der Waals surface area contributed by atoms with Crippen LogP contribution in [-0.4, -0.2) is 36.5 Å². The first-order valence-electron chi connectivity index (χ1n) is 7.14. The van der Waals surface area contributed by atoms with Crippen molar-refractivity contribution in [3.63, 3.8) is 0 Å². The van der Waals surface area contributed by atoms with E-state index in [9.17, 15) is 14.9 Å². The second kappa shape index (κ2) is 9.22. The smallest absolute Gasteiger partial charge is 0.292 e.